The third-order valence-electron chi connectivity index (χ3n) is 3.27. The normalized spacial score (nSPS) is 11.1. The van der Waals surface area contributed by atoms with Crippen LogP contribution in [0.15, 0.2) is 53.4 Å². The van der Waals surface area contributed by atoms with Crippen molar-refractivity contribution in [2.75, 3.05) is 18.4 Å². The van der Waals surface area contributed by atoms with Gasteiger partial charge in [0, 0.05) is 17.3 Å². The molecule has 1 amide bonds. The number of hydrogen-bond donors (Lipinski definition) is 3. The predicted molar refractivity (Wildman–Crippen MR) is 94.5 cm³/mol. The van der Waals surface area contributed by atoms with Gasteiger partial charge >= 0.3 is 0 Å². The van der Waals surface area contributed by atoms with Crippen LogP contribution in [0.1, 0.15) is 5.56 Å². The number of carbonyl (C=O) groups excluding carboxylic acids is 1. The molecule has 0 unspecified atom stereocenters. The highest BCUT2D eigenvalue weighted by Crippen LogP contribution is 2.14. The molecule has 0 aliphatic heterocycles. The zero-order chi connectivity index (χ0) is 17.6. The van der Waals surface area contributed by atoms with Gasteiger partial charge in [-0.2, -0.15) is 0 Å². The summed E-state index contributed by atoms with van der Waals surface area (Å²) in [4.78, 5) is 11.8. The molecule has 0 radical (unpaired) electrons. The van der Waals surface area contributed by atoms with E-state index in [4.69, 9.17) is 16.7 Å². The van der Waals surface area contributed by atoms with Crippen molar-refractivity contribution in [2.45, 2.75) is 11.3 Å². The Bertz CT molecular complexity index is 808. The lowest BCUT2D eigenvalue weighted by Crippen LogP contribution is -2.31. The van der Waals surface area contributed by atoms with Gasteiger partial charge in [-0.05, 0) is 42.3 Å². The summed E-state index contributed by atoms with van der Waals surface area (Å²) in [6.07, 6.45) is 0.591. The fourth-order valence-electron chi connectivity index (χ4n) is 2.04. The number of amides is 1. The lowest BCUT2D eigenvalue weighted by molar-refractivity contribution is -0.119. The van der Waals surface area contributed by atoms with Crippen molar-refractivity contribution < 1.29 is 13.2 Å². The van der Waals surface area contributed by atoms with Gasteiger partial charge in [-0.25, -0.2) is 13.6 Å². The molecule has 2 aromatic carbocycles. The molecule has 8 heteroatoms. The van der Waals surface area contributed by atoms with Crippen LogP contribution in [0.3, 0.4) is 0 Å². The number of anilines is 1. The summed E-state index contributed by atoms with van der Waals surface area (Å²) in [5.74, 6) is -0.142. The highest BCUT2D eigenvalue weighted by atomic mass is 35.5. The molecule has 0 spiro atoms. The number of benzene rings is 2. The summed E-state index contributed by atoms with van der Waals surface area (Å²) in [6.45, 7) is 0.593. The monoisotopic (exact) mass is 367 g/mol. The number of hydrogen-bond acceptors (Lipinski definition) is 4. The molecule has 6 nitrogen and oxygen atoms in total. The van der Waals surface area contributed by atoms with E-state index in [-0.39, 0.29) is 17.3 Å². The Morgan fingerprint density at radius 3 is 2.46 bits per heavy atom. The van der Waals surface area contributed by atoms with Gasteiger partial charge in [0.15, 0.2) is 0 Å². The summed E-state index contributed by atoms with van der Waals surface area (Å²) in [6, 6.07) is 13.4. The maximum absolute atomic E-state index is 11.8. The fourth-order valence-corrected chi connectivity index (χ4v) is 2.74. The van der Waals surface area contributed by atoms with Crippen LogP contribution in [0.4, 0.5) is 5.69 Å². The van der Waals surface area contributed by atoms with Gasteiger partial charge in [-0.1, -0.05) is 29.8 Å². The molecule has 0 aliphatic rings. The van der Waals surface area contributed by atoms with Crippen molar-refractivity contribution in [2.24, 2.45) is 5.14 Å². The maximum Gasteiger partial charge on any atom is 0.239 e. The summed E-state index contributed by atoms with van der Waals surface area (Å²) in [5, 5.41) is 11.4. The predicted octanol–water partition coefficient (Wildman–Crippen LogP) is 1.76. The summed E-state index contributed by atoms with van der Waals surface area (Å²) >= 11 is 5.86. The van der Waals surface area contributed by atoms with Crippen molar-refractivity contribution in [3.63, 3.8) is 0 Å². The Labute approximate surface area is 146 Å². The molecule has 128 valence electrons. The van der Waals surface area contributed by atoms with Crippen molar-refractivity contribution in [3.8, 4) is 0 Å². The van der Waals surface area contributed by atoms with E-state index in [1.807, 2.05) is 6.07 Å². The maximum atomic E-state index is 11.8. The molecule has 24 heavy (non-hydrogen) atoms. The molecule has 2 rings (SSSR count). The summed E-state index contributed by atoms with van der Waals surface area (Å²) in [5.41, 5.74) is 1.68. The van der Waals surface area contributed by atoms with E-state index in [9.17, 15) is 13.2 Å². The number of halogens is 1. The molecule has 0 saturated heterocycles. The second-order valence-corrected chi connectivity index (χ2v) is 7.15. The minimum absolute atomic E-state index is 0.0704. The second-order valence-electron chi connectivity index (χ2n) is 5.15. The fraction of sp³-hybridized carbons (Fsp3) is 0.188. The van der Waals surface area contributed by atoms with E-state index in [1.165, 1.54) is 12.1 Å². The van der Waals surface area contributed by atoms with Crippen LogP contribution in [0.2, 0.25) is 5.02 Å². The van der Waals surface area contributed by atoms with Crippen molar-refractivity contribution in [3.05, 3.63) is 59.1 Å². The molecule has 0 fully saturated rings. The van der Waals surface area contributed by atoms with E-state index in [0.717, 1.165) is 11.3 Å². The van der Waals surface area contributed by atoms with Gasteiger partial charge < -0.3 is 10.6 Å². The lowest BCUT2D eigenvalue weighted by atomic mass is 10.1. The van der Waals surface area contributed by atoms with Crippen LogP contribution >= 0.6 is 11.6 Å². The molecule has 4 N–H and O–H groups in total. The second kappa shape index (κ2) is 8.14. The smallest absolute Gasteiger partial charge is 0.239 e. The third-order valence-corrected chi connectivity index (χ3v) is 4.43. The minimum Gasteiger partial charge on any atom is -0.376 e. The first-order valence-electron chi connectivity index (χ1n) is 7.22. The highest BCUT2D eigenvalue weighted by molar-refractivity contribution is 7.89. The number of primary sulfonamides is 1. The Kier molecular flexibility index (Phi) is 6.19. The van der Waals surface area contributed by atoms with E-state index in [1.54, 1.807) is 30.3 Å². The first-order valence-corrected chi connectivity index (χ1v) is 9.15. The van der Waals surface area contributed by atoms with Crippen LogP contribution in [-0.4, -0.2) is 27.4 Å². The number of rotatable bonds is 7. The van der Waals surface area contributed by atoms with Crippen LogP contribution in [-0.2, 0) is 21.2 Å². The molecule has 0 bridgehead atoms. The Morgan fingerprint density at radius 2 is 1.83 bits per heavy atom. The molecule has 0 aromatic heterocycles. The topological polar surface area (TPSA) is 101 Å². The van der Waals surface area contributed by atoms with Crippen molar-refractivity contribution >= 4 is 33.2 Å². The first-order chi connectivity index (χ1) is 11.3. The quantitative estimate of drug-likeness (QED) is 0.694. The van der Waals surface area contributed by atoms with Gasteiger partial charge in [0.2, 0.25) is 15.9 Å². The van der Waals surface area contributed by atoms with Gasteiger partial charge in [0.25, 0.3) is 0 Å². The van der Waals surface area contributed by atoms with E-state index >= 15 is 0 Å². The Hall–Kier alpha value is -2.09. The number of carbonyl (C=O) groups is 1. The van der Waals surface area contributed by atoms with Gasteiger partial charge in [0.05, 0.1) is 11.4 Å². The molecular weight excluding hydrogens is 350 g/mol. The van der Waals surface area contributed by atoms with E-state index < -0.39 is 10.0 Å². The standard InChI is InChI=1S/C16H18ClN3O3S/c17-13-2-1-3-14(10-13)20-11-16(21)19-9-8-12-4-6-15(7-5-12)24(18,22)23/h1-7,10,20H,8-9,11H2,(H,19,21)(H2,18,22,23). The molecule has 2 aromatic rings. The summed E-state index contributed by atoms with van der Waals surface area (Å²) < 4.78 is 22.3. The van der Waals surface area contributed by atoms with Gasteiger partial charge in [0.1, 0.15) is 0 Å². The third kappa shape index (κ3) is 5.84. The number of sulfonamides is 1. The molecular formula is C16H18ClN3O3S. The van der Waals surface area contributed by atoms with E-state index in [0.29, 0.717) is 18.0 Å². The van der Waals surface area contributed by atoms with Crippen LogP contribution in [0, 0.1) is 0 Å². The van der Waals surface area contributed by atoms with Gasteiger partial charge in [-0.15, -0.1) is 0 Å². The molecule has 0 saturated carbocycles. The Balaban J connectivity index is 1.74. The highest BCUT2D eigenvalue weighted by Gasteiger charge is 2.07. The average Bonchev–Trinajstić information content (AvgIpc) is 2.53. The largest absolute Gasteiger partial charge is 0.376 e. The van der Waals surface area contributed by atoms with Gasteiger partial charge in [-0.3, -0.25) is 4.79 Å². The van der Waals surface area contributed by atoms with Crippen LogP contribution < -0.4 is 15.8 Å². The molecule has 0 aliphatic carbocycles. The zero-order valence-electron chi connectivity index (χ0n) is 12.8. The zero-order valence-corrected chi connectivity index (χ0v) is 14.4. The average molecular weight is 368 g/mol. The van der Waals surface area contributed by atoms with Crippen LogP contribution in [0.25, 0.3) is 0 Å². The summed E-state index contributed by atoms with van der Waals surface area (Å²) in [7, 11) is -3.68. The van der Waals surface area contributed by atoms with E-state index in [2.05, 4.69) is 10.6 Å². The van der Waals surface area contributed by atoms with Crippen molar-refractivity contribution in [1.29, 1.82) is 0 Å². The number of nitrogens with one attached hydrogen (secondary N) is 2. The number of nitrogens with two attached hydrogens (primary N) is 1. The van der Waals surface area contributed by atoms with Crippen LogP contribution in [0.5, 0.6) is 0 Å². The lowest BCUT2D eigenvalue weighted by Gasteiger charge is -2.08. The minimum atomic E-state index is -3.68. The first kappa shape index (κ1) is 18.3. The van der Waals surface area contributed by atoms with Crippen molar-refractivity contribution in [1.82, 2.24) is 5.32 Å². The molecule has 0 heterocycles. The molecule has 0 atom stereocenters. The Morgan fingerprint density at radius 1 is 1.12 bits per heavy atom. The SMILES string of the molecule is NS(=O)(=O)c1ccc(CCNC(=O)CNc2cccc(Cl)c2)cc1.